The van der Waals surface area contributed by atoms with E-state index in [0.717, 1.165) is 18.5 Å². The molecule has 2 N–H and O–H groups in total. The molecule has 1 aromatic carbocycles. The lowest BCUT2D eigenvalue weighted by molar-refractivity contribution is -0.145. The third kappa shape index (κ3) is 1.98. The van der Waals surface area contributed by atoms with Crippen LogP contribution in [0.15, 0.2) is 24.3 Å². The molecule has 0 radical (unpaired) electrons. The van der Waals surface area contributed by atoms with Gasteiger partial charge in [0.15, 0.2) is 0 Å². The molecule has 1 aliphatic carbocycles. The van der Waals surface area contributed by atoms with Crippen molar-refractivity contribution >= 4 is 17.5 Å². The number of anilines is 1. The molecular formula is C15H19N3O2. The number of rotatable bonds is 3. The molecule has 0 bridgehead atoms. The molecule has 5 heteroatoms. The minimum absolute atomic E-state index is 0.0929. The molecular weight excluding hydrogens is 254 g/mol. The lowest BCUT2D eigenvalue weighted by atomic mass is 9.95. The molecule has 20 heavy (non-hydrogen) atoms. The van der Waals surface area contributed by atoms with Gasteiger partial charge in [-0.3, -0.25) is 9.59 Å². The van der Waals surface area contributed by atoms with Crippen molar-refractivity contribution in [2.75, 3.05) is 31.6 Å². The third-order valence-electron chi connectivity index (χ3n) is 4.45. The van der Waals surface area contributed by atoms with Crippen LogP contribution in [0.5, 0.6) is 0 Å². The van der Waals surface area contributed by atoms with Crippen LogP contribution in [0.4, 0.5) is 5.69 Å². The van der Waals surface area contributed by atoms with Gasteiger partial charge in [0.1, 0.15) is 0 Å². The van der Waals surface area contributed by atoms with E-state index in [1.165, 1.54) is 10.5 Å². The number of hydrogen-bond donors (Lipinski definition) is 1. The molecule has 1 aromatic rings. The maximum absolute atomic E-state index is 12.1. The highest BCUT2D eigenvalue weighted by atomic mass is 16.2. The van der Waals surface area contributed by atoms with Crippen LogP contribution in [0.3, 0.4) is 0 Å². The first kappa shape index (κ1) is 13.1. The van der Waals surface area contributed by atoms with Gasteiger partial charge in [0, 0.05) is 37.8 Å². The van der Waals surface area contributed by atoms with Crippen LogP contribution >= 0.6 is 0 Å². The van der Waals surface area contributed by atoms with Crippen molar-refractivity contribution in [3.63, 3.8) is 0 Å². The fourth-order valence-corrected chi connectivity index (χ4v) is 2.74. The summed E-state index contributed by atoms with van der Waals surface area (Å²) in [5.74, 6) is -0.893. The van der Waals surface area contributed by atoms with E-state index in [4.69, 9.17) is 5.73 Å². The average Bonchev–Trinajstić information content (AvgIpc) is 3.26. The monoisotopic (exact) mass is 273 g/mol. The van der Waals surface area contributed by atoms with E-state index in [9.17, 15) is 9.59 Å². The van der Waals surface area contributed by atoms with Crippen molar-refractivity contribution < 1.29 is 9.59 Å². The van der Waals surface area contributed by atoms with Crippen LogP contribution in [-0.4, -0.2) is 43.4 Å². The SMILES string of the molecule is CN1CCN(c2cccc(C3(CN)CC3)c2)C(=O)C1=O. The Bertz CT molecular complexity index is 566. The molecule has 1 heterocycles. The topological polar surface area (TPSA) is 66.6 Å². The summed E-state index contributed by atoms with van der Waals surface area (Å²) in [7, 11) is 1.65. The Morgan fingerprint density at radius 2 is 1.95 bits per heavy atom. The van der Waals surface area contributed by atoms with Gasteiger partial charge < -0.3 is 15.5 Å². The predicted octanol–water partition coefficient (Wildman–Crippen LogP) is 0.482. The molecule has 2 fully saturated rings. The first-order valence-electron chi connectivity index (χ1n) is 6.95. The number of amides is 2. The number of nitrogens with zero attached hydrogens (tertiary/aromatic N) is 2. The molecule has 5 nitrogen and oxygen atoms in total. The van der Waals surface area contributed by atoms with Crippen molar-refractivity contribution in [1.29, 1.82) is 0 Å². The largest absolute Gasteiger partial charge is 0.336 e. The lowest BCUT2D eigenvalue weighted by Gasteiger charge is -2.32. The normalized spacial score (nSPS) is 21.3. The number of carbonyl (C=O) groups is 2. The van der Waals surface area contributed by atoms with E-state index in [1.807, 2.05) is 18.2 Å². The maximum atomic E-state index is 12.1. The summed E-state index contributed by atoms with van der Waals surface area (Å²) in [6.45, 7) is 1.74. The van der Waals surface area contributed by atoms with Gasteiger partial charge >= 0.3 is 11.8 Å². The van der Waals surface area contributed by atoms with E-state index in [0.29, 0.717) is 19.6 Å². The smallest absolute Gasteiger partial charge is 0.316 e. The van der Waals surface area contributed by atoms with Gasteiger partial charge in [-0.05, 0) is 30.5 Å². The number of carbonyl (C=O) groups excluding carboxylic acids is 2. The Morgan fingerprint density at radius 1 is 1.20 bits per heavy atom. The van der Waals surface area contributed by atoms with E-state index in [1.54, 1.807) is 11.9 Å². The molecule has 2 amide bonds. The van der Waals surface area contributed by atoms with Gasteiger partial charge in [0.25, 0.3) is 0 Å². The molecule has 0 atom stereocenters. The zero-order valence-electron chi connectivity index (χ0n) is 11.6. The summed E-state index contributed by atoms with van der Waals surface area (Å²) in [4.78, 5) is 26.9. The fraction of sp³-hybridized carbons (Fsp3) is 0.467. The first-order chi connectivity index (χ1) is 9.57. The Balaban J connectivity index is 1.89. The minimum atomic E-state index is -0.450. The van der Waals surface area contributed by atoms with E-state index >= 15 is 0 Å². The number of nitrogens with two attached hydrogens (primary N) is 1. The lowest BCUT2D eigenvalue weighted by Crippen LogP contribution is -2.53. The quantitative estimate of drug-likeness (QED) is 0.815. The highest BCUT2D eigenvalue weighted by molar-refractivity contribution is 6.40. The summed E-state index contributed by atoms with van der Waals surface area (Å²) in [5.41, 5.74) is 7.93. The number of hydrogen-bond acceptors (Lipinski definition) is 3. The van der Waals surface area contributed by atoms with Crippen LogP contribution in [0.1, 0.15) is 18.4 Å². The Hall–Kier alpha value is -1.88. The van der Waals surface area contributed by atoms with E-state index in [-0.39, 0.29) is 5.41 Å². The van der Waals surface area contributed by atoms with Crippen LogP contribution in [-0.2, 0) is 15.0 Å². The van der Waals surface area contributed by atoms with Gasteiger partial charge in [-0.25, -0.2) is 0 Å². The van der Waals surface area contributed by atoms with Crippen molar-refractivity contribution in [2.24, 2.45) is 5.73 Å². The zero-order chi connectivity index (χ0) is 14.3. The highest BCUT2D eigenvalue weighted by Gasteiger charge is 2.43. The number of likely N-dealkylation sites (N-methyl/N-ethyl adjacent to an activating group) is 1. The molecule has 1 saturated heterocycles. The van der Waals surface area contributed by atoms with Gasteiger partial charge in [0.2, 0.25) is 0 Å². The Kier molecular flexibility index (Phi) is 3.01. The summed E-state index contributed by atoms with van der Waals surface area (Å²) in [6.07, 6.45) is 2.20. The fourth-order valence-electron chi connectivity index (χ4n) is 2.74. The van der Waals surface area contributed by atoms with Crippen molar-refractivity contribution in [2.45, 2.75) is 18.3 Å². The molecule has 3 rings (SSSR count). The third-order valence-corrected chi connectivity index (χ3v) is 4.45. The molecule has 1 aliphatic heterocycles. The van der Waals surface area contributed by atoms with Gasteiger partial charge in [0.05, 0.1) is 0 Å². The molecule has 106 valence electrons. The van der Waals surface area contributed by atoms with Crippen molar-refractivity contribution in [3.05, 3.63) is 29.8 Å². The number of piperazine rings is 1. The van der Waals surface area contributed by atoms with Crippen LogP contribution in [0.25, 0.3) is 0 Å². The minimum Gasteiger partial charge on any atom is -0.336 e. The van der Waals surface area contributed by atoms with Gasteiger partial charge in [-0.2, -0.15) is 0 Å². The maximum Gasteiger partial charge on any atom is 0.316 e. The summed E-state index contributed by atoms with van der Waals surface area (Å²) < 4.78 is 0. The highest BCUT2D eigenvalue weighted by Crippen LogP contribution is 2.47. The van der Waals surface area contributed by atoms with Crippen LogP contribution in [0, 0.1) is 0 Å². The molecule has 0 spiro atoms. The van der Waals surface area contributed by atoms with Gasteiger partial charge in [-0.15, -0.1) is 0 Å². The first-order valence-corrected chi connectivity index (χ1v) is 6.95. The van der Waals surface area contributed by atoms with Crippen LogP contribution in [0.2, 0.25) is 0 Å². The predicted molar refractivity (Wildman–Crippen MR) is 76.4 cm³/mol. The van der Waals surface area contributed by atoms with Crippen LogP contribution < -0.4 is 10.6 Å². The van der Waals surface area contributed by atoms with Crippen molar-refractivity contribution in [3.8, 4) is 0 Å². The van der Waals surface area contributed by atoms with Gasteiger partial charge in [-0.1, -0.05) is 12.1 Å². The van der Waals surface area contributed by atoms with E-state index < -0.39 is 11.8 Å². The molecule has 0 unspecified atom stereocenters. The zero-order valence-corrected chi connectivity index (χ0v) is 11.6. The molecule has 1 saturated carbocycles. The molecule has 2 aliphatic rings. The standard InChI is InChI=1S/C15H19N3O2/c1-17-7-8-18(14(20)13(17)19)12-4-2-3-11(9-12)15(10-16)5-6-15/h2-4,9H,5-8,10,16H2,1H3. The summed E-state index contributed by atoms with van der Waals surface area (Å²) >= 11 is 0. The Labute approximate surface area is 118 Å². The Morgan fingerprint density at radius 3 is 2.60 bits per heavy atom. The summed E-state index contributed by atoms with van der Waals surface area (Å²) in [5, 5.41) is 0. The average molecular weight is 273 g/mol. The number of benzene rings is 1. The second kappa shape index (κ2) is 4.59. The van der Waals surface area contributed by atoms with Crippen molar-refractivity contribution in [1.82, 2.24) is 4.90 Å². The second-order valence-corrected chi connectivity index (χ2v) is 5.72. The second-order valence-electron chi connectivity index (χ2n) is 5.72. The van der Waals surface area contributed by atoms with E-state index in [2.05, 4.69) is 6.07 Å². The summed E-state index contributed by atoms with van der Waals surface area (Å²) in [6, 6.07) is 7.89. The molecule has 0 aromatic heterocycles.